The van der Waals surface area contributed by atoms with Gasteiger partial charge in [0.1, 0.15) is 12.1 Å². The number of rotatable bonds is 9. The lowest BCUT2D eigenvalue weighted by Gasteiger charge is -2.31. The van der Waals surface area contributed by atoms with Crippen LogP contribution in [0.4, 0.5) is 4.79 Å². The van der Waals surface area contributed by atoms with E-state index >= 15 is 0 Å². The standard InChI is InChI=1S/C28H34N2O5/c1-3-14-27(2,24(31)29-18-28(25(32)33)15-8-9-16-28)30-26(34)35-17-23-21-12-6-4-10-19(21)20-11-5-7-13-22(20)23/h4-7,10-13,23H,3,8-9,14-18H2,1-2H3,(H,29,31)(H,30,34)(H,32,33). The highest BCUT2D eigenvalue weighted by Crippen LogP contribution is 2.44. The third-order valence-corrected chi connectivity index (χ3v) is 7.57. The Morgan fingerprint density at radius 3 is 2.14 bits per heavy atom. The summed E-state index contributed by atoms with van der Waals surface area (Å²) < 4.78 is 5.64. The predicted octanol–water partition coefficient (Wildman–Crippen LogP) is 4.85. The van der Waals surface area contributed by atoms with Crippen LogP contribution in [-0.4, -0.2) is 41.8 Å². The van der Waals surface area contributed by atoms with Gasteiger partial charge in [0, 0.05) is 12.5 Å². The van der Waals surface area contributed by atoms with Crippen molar-refractivity contribution in [3.8, 4) is 11.1 Å². The zero-order valence-corrected chi connectivity index (χ0v) is 20.4. The molecule has 7 heteroatoms. The average molecular weight is 479 g/mol. The number of carbonyl (C=O) groups excluding carboxylic acids is 2. The summed E-state index contributed by atoms with van der Waals surface area (Å²) in [6, 6.07) is 16.2. The van der Waals surface area contributed by atoms with Crippen molar-refractivity contribution in [1.29, 1.82) is 0 Å². The van der Waals surface area contributed by atoms with E-state index in [2.05, 4.69) is 34.9 Å². The summed E-state index contributed by atoms with van der Waals surface area (Å²) in [5.41, 5.74) is 2.40. The molecule has 35 heavy (non-hydrogen) atoms. The number of ether oxygens (including phenoxy) is 1. The van der Waals surface area contributed by atoms with Gasteiger partial charge >= 0.3 is 12.1 Å². The van der Waals surface area contributed by atoms with Crippen molar-refractivity contribution in [1.82, 2.24) is 10.6 Å². The Morgan fingerprint density at radius 2 is 1.60 bits per heavy atom. The summed E-state index contributed by atoms with van der Waals surface area (Å²) in [7, 11) is 0. The first-order valence-corrected chi connectivity index (χ1v) is 12.4. The van der Waals surface area contributed by atoms with E-state index in [0.717, 1.165) is 35.1 Å². The maximum atomic E-state index is 13.1. The van der Waals surface area contributed by atoms with E-state index in [0.29, 0.717) is 25.7 Å². The zero-order valence-electron chi connectivity index (χ0n) is 20.4. The quantitative estimate of drug-likeness (QED) is 0.478. The lowest BCUT2D eigenvalue weighted by Crippen LogP contribution is -2.58. The smallest absolute Gasteiger partial charge is 0.408 e. The Hall–Kier alpha value is -3.35. The molecule has 186 valence electrons. The molecule has 0 spiro atoms. The van der Waals surface area contributed by atoms with E-state index in [-0.39, 0.29) is 25.0 Å². The van der Waals surface area contributed by atoms with Crippen molar-refractivity contribution in [3.63, 3.8) is 0 Å². The number of aliphatic carboxylic acids is 1. The van der Waals surface area contributed by atoms with Gasteiger partial charge in [-0.15, -0.1) is 0 Å². The molecule has 0 aromatic heterocycles. The molecule has 1 atom stereocenters. The fourth-order valence-electron chi connectivity index (χ4n) is 5.56. The number of carboxylic acid groups (broad SMARTS) is 1. The molecule has 2 aliphatic rings. The molecule has 2 aromatic rings. The normalized spacial score (nSPS) is 17.7. The van der Waals surface area contributed by atoms with E-state index in [1.165, 1.54) is 0 Å². The topological polar surface area (TPSA) is 105 Å². The molecule has 2 aliphatic carbocycles. The summed E-state index contributed by atoms with van der Waals surface area (Å²) in [5.74, 6) is -1.34. The molecule has 2 aromatic carbocycles. The van der Waals surface area contributed by atoms with E-state index in [1.54, 1.807) is 6.92 Å². The number of nitrogens with one attached hydrogen (secondary N) is 2. The molecule has 0 saturated heterocycles. The maximum Gasteiger partial charge on any atom is 0.408 e. The second kappa shape index (κ2) is 10.1. The molecule has 0 radical (unpaired) electrons. The van der Waals surface area contributed by atoms with Crippen LogP contribution in [-0.2, 0) is 14.3 Å². The number of hydrogen-bond donors (Lipinski definition) is 3. The molecule has 0 bridgehead atoms. The van der Waals surface area contributed by atoms with Gasteiger partial charge < -0.3 is 20.5 Å². The molecule has 0 heterocycles. The van der Waals surface area contributed by atoms with Crippen LogP contribution >= 0.6 is 0 Å². The Labute approximate surface area is 206 Å². The Morgan fingerprint density at radius 1 is 1.03 bits per heavy atom. The molecule has 4 rings (SSSR count). The second-order valence-electron chi connectivity index (χ2n) is 10.0. The minimum Gasteiger partial charge on any atom is -0.481 e. The third kappa shape index (κ3) is 4.90. The first-order chi connectivity index (χ1) is 16.8. The largest absolute Gasteiger partial charge is 0.481 e. The molecule has 3 N–H and O–H groups in total. The van der Waals surface area contributed by atoms with E-state index in [4.69, 9.17) is 4.74 Å². The van der Waals surface area contributed by atoms with Crippen molar-refractivity contribution in [2.24, 2.45) is 5.41 Å². The van der Waals surface area contributed by atoms with Gasteiger partial charge in [-0.25, -0.2) is 4.79 Å². The van der Waals surface area contributed by atoms with E-state index in [1.807, 2.05) is 31.2 Å². The van der Waals surface area contributed by atoms with Crippen molar-refractivity contribution in [3.05, 3.63) is 59.7 Å². The molecule has 7 nitrogen and oxygen atoms in total. The van der Waals surface area contributed by atoms with Gasteiger partial charge in [-0.1, -0.05) is 74.7 Å². The number of fused-ring (bicyclic) bond motifs is 3. The highest BCUT2D eigenvalue weighted by atomic mass is 16.5. The van der Waals surface area contributed by atoms with Crippen LogP contribution in [0.2, 0.25) is 0 Å². The fraction of sp³-hybridized carbons (Fsp3) is 0.464. The number of alkyl carbamates (subject to hydrolysis) is 1. The molecule has 0 aliphatic heterocycles. The number of benzene rings is 2. The zero-order chi connectivity index (χ0) is 25.1. The monoisotopic (exact) mass is 478 g/mol. The van der Waals surface area contributed by atoms with Gasteiger partial charge in [0.05, 0.1) is 5.41 Å². The van der Waals surface area contributed by atoms with Gasteiger partial charge in [0.25, 0.3) is 0 Å². The number of carbonyl (C=O) groups is 3. The fourth-order valence-corrected chi connectivity index (χ4v) is 5.56. The Kier molecular flexibility index (Phi) is 7.15. The number of amides is 2. The minimum absolute atomic E-state index is 0.0623. The van der Waals surface area contributed by atoms with Crippen LogP contribution < -0.4 is 10.6 Å². The van der Waals surface area contributed by atoms with Gasteiger partial charge in [-0.3, -0.25) is 9.59 Å². The number of hydrogen-bond acceptors (Lipinski definition) is 4. The van der Waals surface area contributed by atoms with Crippen molar-refractivity contribution >= 4 is 18.0 Å². The molecular formula is C28H34N2O5. The second-order valence-corrected chi connectivity index (χ2v) is 10.0. The molecule has 1 fully saturated rings. The molecule has 1 unspecified atom stereocenters. The SMILES string of the molecule is CCCC(C)(NC(=O)OCC1c2ccccc2-c2ccccc21)C(=O)NCC1(C(=O)O)CCCC1. The summed E-state index contributed by atoms with van der Waals surface area (Å²) in [4.78, 5) is 37.8. The summed E-state index contributed by atoms with van der Waals surface area (Å²) >= 11 is 0. The lowest BCUT2D eigenvalue weighted by molar-refractivity contribution is -0.148. The van der Waals surface area contributed by atoms with Gasteiger partial charge in [-0.2, -0.15) is 0 Å². The highest BCUT2D eigenvalue weighted by Gasteiger charge is 2.43. The van der Waals surface area contributed by atoms with Crippen LogP contribution in [0.3, 0.4) is 0 Å². The number of carboxylic acids is 1. The average Bonchev–Trinajstić information content (AvgIpc) is 3.45. The van der Waals surface area contributed by atoms with Gasteiger partial charge in [0.15, 0.2) is 0 Å². The van der Waals surface area contributed by atoms with Crippen LogP contribution in [0, 0.1) is 5.41 Å². The van der Waals surface area contributed by atoms with Crippen LogP contribution in [0.1, 0.15) is 69.4 Å². The predicted molar refractivity (Wildman–Crippen MR) is 133 cm³/mol. The lowest BCUT2D eigenvalue weighted by atomic mass is 9.85. The first kappa shape index (κ1) is 24.8. The van der Waals surface area contributed by atoms with Crippen molar-refractivity contribution in [2.75, 3.05) is 13.2 Å². The van der Waals surface area contributed by atoms with E-state index in [9.17, 15) is 19.5 Å². The van der Waals surface area contributed by atoms with E-state index < -0.39 is 23.0 Å². The molecule has 1 saturated carbocycles. The van der Waals surface area contributed by atoms with Crippen molar-refractivity contribution in [2.45, 2.75) is 63.8 Å². The van der Waals surface area contributed by atoms with Crippen LogP contribution in [0.15, 0.2) is 48.5 Å². The maximum absolute atomic E-state index is 13.1. The summed E-state index contributed by atoms with van der Waals surface area (Å²) in [5, 5.41) is 15.3. The molecule has 2 amide bonds. The summed E-state index contributed by atoms with van der Waals surface area (Å²) in [6.07, 6.45) is 3.19. The Bertz CT molecular complexity index is 1060. The molecular weight excluding hydrogens is 444 g/mol. The summed E-state index contributed by atoms with van der Waals surface area (Å²) in [6.45, 7) is 3.81. The highest BCUT2D eigenvalue weighted by molar-refractivity contribution is 5.90. The Balaban J connectivity index is 1.41. The van der Waals surface area contributed by atoms with Crippen LogP contribution in [0.25, 0.3) is 11.1 Å². The minimum atomic E-state index is -1.20. The third-order valence-electron chi connectivity index (χ3n) is 7.57. The van der Waals surface area contributed by atoms with Crippen molar-refractivity contribution < 1.29 is 24.2 Å². The van der Waals surface area contributed by atoms with Crippen LogP contribution in [0.5, 0.6) is 0 Å². The first-order valence-electron chi connectivity index (χ1n) is 12.4. The van der Waals surface area contributed by atoms with Gasteiger partial charge in [0.2, 0.25) is 5.91 Å². The van der Waals surface area contributed by atoms with Gasteiger partial charge in [-0.05, 0) is 48.4 Å².